The Kier molecular flexibility index (Phi) is 3.61. The Morgan fingerprint density at radius 1 is 1.22 bits per heavy atom. The van der Waals surface area contributed by atoms with Crippen LogP contribution in [0.2, 0.25) is 0 Å². The third kappa shape index (κ3) is 2.92. The molecular weight excluding hydrogens is 232 g/mol. The molecule has 4 heteroatoms. The van der Waals surface area contributed by atoms with Crippen LogP contribution in [-0.2, 0) is 19.1 Å². The first-order valence-corrected chi connectivity index (χ1v) is 6.05. The second kappa shape index (κ2) is 4.41. The van der Waals surface area contributed by atoms with Crippen LogP contribution in [-0.4, -0.2) is 24.6 Å². The molecule has 0 amide bonds. The van der Waals surface area contributed by atoms with Gasteiger partial charge in [-0.25, -0.2) is 4.79 Å². The van der Waals surface area contributed by atoms with E-state index in [1.54, 1.807) is 6.08 Å². The van der Waals surface area contributed by atoms with Crippen LogP contribution < -0.4 is 0 Å². The summed E-state index contributed by atoms with van der Waals surface area (Å²) in [7, 11) is 1.31. The molecule has 0 aromatic heterocycles. The summed E-state index contributed by atoms with van der Waals surface area (Å²) >= 11 is 0. The van der Waals surface area contributed by atoms with Gasteiger partial charge in [0.1, 0.15) is 5.60 Å². The summed E-state index contributed by atoms with van der Waals surface area (Å²) in [5, 5.41) is 0. The zero-order valence-electron chi connectivity index (χ0n) is 12.0. The fraction of sp³-hybridized carbons (Fsp3) is 0.714. The summed E-state index contributed by atoms with van der Waals surface area (Å²) < 4.78 is 9.97. The van der Waals surface area contributed by atoms with Crippen LogP contribution in [0, 0.1) is 10.8 Å². The second-order valence-electron chi connectivity index (χ2n) is 6.39. The fourth-order valence-electron chi connectivity index (χ4n) is 2.00. The van der Waals surface area contributed by atoms with Gasteiger partial charge in [0.25, 0.3) is 0 Å². The van der Waals surface area contributed by atoms with Crippen molar-refractivity contribution in [3.05, 3.63) is 12.2 Å². The Labute approximate surface area is 108 Å². The standard InChI is InChI=1S/C14H22O4/c1-12(2,3)18-11(16)14(9-13(14,4)5)8-7-10(15)17-6/h7-8H,9H2,1-6H3/t14-/m1/s1. The van der Waals surface area contributed by atoms with E-state index in [4.69, 9.17) is 4.74 Å². The normalized spacial score (nSPS) is 25.9. The molecule has 0 bridgehead atoms. The number of carbonyl (C=O) groups excluding carboxylic acids is 2. The summed E-state index contributed by atoms with van der Waals surface area (Å²) in [4.78, 5) is 23.4. The number of hydrogen-bond acceptors (Lipinski definition) is 4. The first-order chi connectivity index (χ1) is 8.04. The van der Waals surface area contributed by atoms with Crippen LogP contribution in [0.3, 0.4) is 0 Å². The van der Waals surface area contributed by atoms with Gasteiger partial charge < -0.3 is 9.47 Å². The van der Waals surface area contributed by atoms with E-state index in [2.05, 4.69) is 4.74 Å². The van der Waals surface area contributed by atoms with E-state index in [0.29, 0.717) is 6.42 Å². The molecule has 0 saturated heterocycles. The van der Waals surface area contributed by atoms with Gasteiger partial charge in [0.15, 0.2) is 0 Å². The van der Waals surface area contributed by atoms with E-state index in [9.17, 15) is 9.59 Å². The van der Waals surface area contributed by atoms with Crippen LogP contribution in [0.25, 0.3) is 0 Å². The van der Waals surface area contributed by atoms with Crippen molar-refractivity contribution in [1.82, 2.24) is 0 Å². The van der Waals surface area contributed by atoms with Crippen molar-refractivity contribution in [3.8, 4) is 0 Å². The monoisotopic (exact) mass is 254 g/mol. The molecule has 1 rings (SSSR count). The highest BCUT2D eigenvalue weighted by molar-refractivity contribution is 5.88. The summed E-state index contributed by atoms with van der Waals surface area (Å²) in [5.74, 6) is -0.735. The van der Waals surface area contributed by atoms with Crippen LogP contribution in [0.5, 0.6) is 0 Å². The average Bonchev–Trinajstić information content (AvgIpc) is 2.76. The smallest absolute Gasteiger partial charge is 0.330 e. The zero-order chi connectivity index (χ0) is 14.2. The largest absolute Gasteiger partial charge is 0.466 e. The molecule has 0 aromatic rings. The summed E-state index contributed by atoms with van der Waals surface area (Å²) in [5.41, 5.74) is -1.41. The van der Waals surface area contributed by atoms with Gasteiger partial charge in [-0.15, -0.1) is 0 Å². The SMILES string of the molecule is COC(=O)C=C[C@]1(C(=O)OC(C)(C)C)CC1(C)C. The zero-order valence-corrected chi connectivity index (χ0v) is 12.0. The number of carbonyl (C=O) groups is 2. The first-order valence-electron chi connectivity index (χ1n) is 6.05. The van der Waals surface area contributed by atoms with E-state index < -0.39 is 17.0 Å². The first kappa shape index (κ1) is 14.7. The van der Waals surface area contributed by atoms with E-state index >= 15 is 0 Å². The summed E-state index contributed by atoms with van der Waals surface area (Å²) in [6.07, 6.45) is 3.61. The number of hydrogen-bond donors (Lipinski definition) is 0. The van der Waals surface area contributed by atoms with Crippen molar-refractivity contribution in [3.63, 3.8) is 0 Å². The average molecular weight is 254 g/mol. The number of methoxy groups -OCH3 is 1. The molecule has 0 aliphatic heterocycles. The van der Waals surface area contributed by atoms with Gasteiger partial charge in [0, 0.05) is 6.08 Å². The molecule has 0 N–H and O–H groups in total. The minimum absolute atomic E-state index is 0.181. The molecule has 102 valence electrons. The van der Waals surface area contributed by atoms with Crippen molar-refractivity contribution in [2.75, 3.05) is 7.11 Å². The topological polar surface area (TPSA) is 52.6 Å². The van der Waals surface area contributed by atoms with Gasteiger partial charge >= 0.3 is 11.9 Å². The van der Waals surface area contributed by atoms with E-state index in [0.717, 1.165) is 0 Å². The minimum Gasteiger partial charge on any atom is -0.466 e. The Morgan fingerprint density at radius 3 is 2.06 bits per heavy atom. The van der Waals surface area contributed by atoms with Crippen LogP contribution in [0.1, 0.15) is 41.0 Å². The van der Waals surface area contributed by atoms with Crippen LogP contribution in [0.15, 0.2) is 12.2 Å². The van der Waals surface area contributed by atoms with Gasteiger partial charge in [-0.2, -0.15) is 0 Å². The van der Waals surface area contributed by atoms with E-state index in [1.807, 2.05) is 34.6 Å². The molecular formula is C14H22O4. The summed E-state index contributed by atoms with van der Waals surface area (Å²) in [6, 6.07) is 0. The highest BCUT2D eigenvalue weighted by Crippen LogP contribution is 2.65. The van der Waals surface area contributed by atoms with Crippen molar-refractivity contribution in [2.24, 2.45) is 10.8 Å². The Balaban J connectivity index is 2.88. The molecule has 1 aliphatic carbocycles. The Hall–Kier alpha value is -1.32. The number of rotatable bonds is 3. The van der Waals surface area contributed by atoms with Crippen molar-refractivity contribution < 1.29 is 19.1 Å². The predicted octanol–water partition coefficient (Wildman–Crippen LogP) is 2.47. The highest BCUT2D eigenvalue weighted by Gasteiger charge is 2.66. The number of ether oxygens (including phenoxy) is 2. The maximum atomic E-state index is 12.2. The minimum atomic E-state index is -0.700. The lowest BCUT2D eigenvalue weighted by atomic mass is 9.95. The van der Waals surface area contributed by atoms with E-state index in [1.165, 1.54) is 13.2 Å². The molecule has 1 aliphatic rings. The molecule has 1 saturated carbocycles. The molecule has 4 nitrogen and oxygen atoms in total. The quantitative estimate of drug-likeness (QED) is 0.573. The molecule has 0 aromatic carbocycles. The van der Waals surface area contributed by atoms with Crippen molar-refractivity contribution in [1.29, 1.82) is 0 Å². The summed E-state index contributed by atoms with van der Waals surface area (Å²) in [6.45, 7) is 9.46. The molecule has 0 heterocycles. The van der Waals surface area contributed by atoms with Gasteiger partial charge in [-0.05, 0) is 32.6 Å². The van der Waals surface area contributed by atoms with Crippen LogP contribution >= 0.6 is 0 Å². The van der Waals surface area contributed by atoms with Crippen molar-refractivity contribution in [2.45, 2.75) is 46.6 Å². The molecule has 0 radical (unpaired) electrons. The third-order valence-electron chi connectivity index (χ3n) is 3.27. The molecule has 1 fully saturated rings. The molecule has 0 unspecified atom stereocenters. The second-order valence-corrected chi connectivity index (χ2v) is 6.39. The lowest BCUT2D eigenvalue weighted by Crippen LogP contribution is -2.31. The third-order valence-corrected chi connectivity index (χ3v) is 3.27. The fourth-order valence-corrected chi connectivity index (χ4v) is 2.00. The maximum absolute atomic E-state index is 12.2. The lowest BCUT2D eigenvalue weighted by Gasteiger charge is -2.24. The predicted molar refractivity (Wildman–Crippen MR) is 67.8 cm³/mol. The molecule has 18 heavy (non-hydrogen) atoms. The van der Waals surface area contributed by atoms with Gasteiger partial charge in [0.05, 0.1) is 12.5 Å². The number of esters is 2. The Bertz CT molecular complexity index is 387. The molecule has 0 spiro atoms. The Morgan fingerprint density at radius 2 is 1.72 bits per heavy atom. The van der Waals surface area contributed by atoms with Crippen LogP contribution in [0.4, 0.5) is 0 Å². The molecule has 1 atom stereocenters. The van der Waals surface area contributed by atoms with Gasteiger partial charge in [-0.1, -0.05) is 19.9 Å². The van der Waals surface area contributed by atoms with E-state index in [-0.39, 0.29) is 11.4 Å². The maximum Gasteiger partial charge on any atom is 0.330 e. The lowest BCUT2D eigenvalue weighted by molar-refractivity contribution is -0.160. The van der Waals surface area contributed by atoms with Gasteiger partial charge in [0.2, 0.25) is 0 Å². The van der Waals surface area contributed by atoms with Gasteiger partial charge in [-0.3, -0.25) is 4.79 Å². The highest BCUT2D eigenvalue weighted by atomic mass is 16.6. The van der Waals surface area contributed by atoms with Crippen molar-refractivity contribution >= 4 is 11.9 Å².